The maximum Gasteiger partial charge on any atom is 0.143 e. The summed E-state index contributed by atoms with van der Waals surface area (Å²) in [4.78, 5) is 12.9. The van der Waals surface area contributed by atoms with E-state index < -0.39 is 0 Å². The Morgan fingerprint density at radius 1 is 1.29 bits per heavy atom. The summed E-state index contributed by atoms with van der Waals surface area (Å²) in [5.74, 6) is 1.63. The smallest absolute Gasteiger partial charge is 0.143 e. The largest absolute Gasteiger partial charge is 0.316 e. The van der Waals surface area contributed by atoms with Crippen LogP contribution in [0.15, 0.2) is 0 Å². The molecular weight excluding hydrogens is 210 g/mol. The molecule has 0 radical (unpaired) electrons. The van der Waals surface area contributed by atoms with Crippen LogP contribution < -0.4 is 5.32 Å². The molecule has 98 valence electrons. The first-order valence-corrected chi connectivity index (χ1v) is 7.48. The zero-order chi connectivity index (χ0) is 12.3. The Hall–Kier alpha value is -0.370. The van der Waals surface area contributed by atoms with Crippen LogP contribution in [0.4, 0.5) is 0 Å². The van der Waals surface area contributed by atoms with E-state index >= 15 is 0 Å². The number of rotatable bonds is 4. The lowest BCUT2D eigenvalue weighted by Gasteiger charge is -2.36. The Bertz CT molecular complexity index is 268. The van der Waals surface area contributed by atoms with Gasteiger partial charge in [-0.25, -0.2) is 0 Å². The van der Waals surface area contributed by atoms with Crippen LogP contribution in [0.3, 0.4) is 0 Å². The predicted octanol–water partition coefficient (Wildman–Crippen LogP) is 3.16. The molecule has 1 aliphatic heterocycles. The Morgan fingerprint density at radius 3 is 2.65 bits per heavy atom. The summed E-state index contributed by atoms with van der Waals surface area (Å²) in [7, 11) is 0. The van der Waals surface area contributed by atoms with Gasteiger partial charge in [0, 0.05) is 17.9 Å². The number of Topliss-reactive ketones (excluding diaryl/α,β-unsaturated/α-hetero) is 1. The third-order valence-electron chi connectivity index (χ3n) is 5.21. The summed E-state index contributed by atoms with van der Waals surface area (Å²) in [5, 5.41) is 3.40. The molecule has 0 aromatic carbocycles. The normalized spacial score (nSPS) is 38.2. The van der Waals surface area contributed by atoms with Crippen molar-refractivity contribution < 1.29 is 4.79 Å². The summed E-state index contributed by atoms with van der Waals surface area (Å²) in [5.41, 5.74) is -0.0184. The standard InChI is InChI=1S/C15H27NO/c1-3-12-7-5-6-8-13(12)14(17)15(4-2)9-10-16-11-15/h12-13,16H,3-11H2,1-2H3. The number of carbonyl (C=O) groups excluding carboxylic acids is 1. The van der Waals surface area contributed by atoms with E-state index in [0.29, 0.717) is 17.6 Å². The van der Waals surface area contributed by atoms with Gasteiger partial charge in [-0.1, -0.05) is 33.1 Å². The average molecular weight is 237 g/mol. The summed E-state index contributed by atoms with van der Waals surface area (Å²) < 4.78 is 0. The number of carbonyl (C=O) groups is 1. The molecule has 0 spiro atoms. The quantitative estimate of drug-likeness (QED) is 0.813. The molecule has 1 saturated heterocycles. The molecule has 0 aromatic heterocycles. The van der Waals surface area contributed by atoms with Crippen LogP contribution >= 0.6 is 0 Å². The zero-order valence-electron chi connectivity index (χ0n) is 11.4. The molecular formula is C15H27NO. The topological polar surface area (TPSA) is 29.1 Å². The van der Waals surface area contributed by atoms with E-state index in [2.05, 4.69) is 19.2 Å². The molecule has 2 nitrogen and oxygen atoms in total. The maximum absolute atomic E-state index is 12.9. The number of ketones is 1. The highest BCUT2D eigenvalue weighted by atomic mass is 16.1. The molecule has 3 unspecified atom stereocenters. The van der Waals surface area contributed by atoms with Crippen LogP contribution in [0.25, 0.3) is 0 Å². The Kier molecular flexibility index (Phi) is 4.24. The molecule has 2 fully saturated rings. The molecule has 2 rings (SSSR count). The average Bonchev–Trinajstić information content (AvgIpc) is 2.88. The second-order valence-electron chi connectivity index (χ2n) is 5.98. The number of hydrogen-bond donors (Lipinski definition) is 1. The molecule has 1 N–H and O–H groups in total. The zero-order valence-corrected chi connectivity index (χ0v) is 11.4. The van der Waals surface area contributed by atoms with Crippen LogP contribution in [0.2, 0.25) is 0 Å². The van der Waals surface area contributed by atoms with Crippen molar-refractivity contribution in [3.63, 3.8) is 0 Å². The second-order valence-corrected chi connectivity index (χ2v) is 5.98. The Labute approximate surface area is 106 Å². The van der Waals surface area contributed by atoms with Crippen LogP contribution in [0.1, 0.15) is 58.8 Å². The van der Waals surface area contributed by atoms with Crippen molar-refractivity contribution >= 4 is 5.78 Å². The van der Waals surface area contributed by atoms with Crippen molar-refractivity contribution in [2.24, 2.45) is 17.3 Å². The van der Waals surface area contributed by atoms with Crippen LogP contribution in [-0.4, -0.2) is 18.9 Å². The van der Waals surface area contributed by atoms with Gasteiger partial charge in [0.1, 0.15) is 5.78 Å². The van der Waals surface area contributed by atoms with Gasteiger partial charge >= 0.3 is 0 Å². The first kappa shape index (κ1) is 13.1. The first-order valence-electron chi connectivity index (χ1n) is 7.48. The van der Waals surface area contributed by atoms with Gasteiger partial charge in [-0.3, -0.25) is 4.79 Å². The third-order valence-corrected chi connectivity index (χ3v) is 5.21. The maximum atomic E-state index is 12.9. The van der Waals surface area contributed by atoms with Gasteiger partial charge in [0.15, 0.2) is 0 Å². The lowest BCUT2D eigenvalue weighted by molar-refractivity contribution is -0.135. The molecule has 2 aliphatic rings. The fourth-order valence-corrected chi connectivity index (χ4v) is 3.86. The highest BCUT2D eigenvalue weighted by Crippen LogP contribution is 2.41. The molecule has 3 atom stereocenters. The first-order chi connectivity index (χ1) is 8.23. The summed E-state index contributed by atoms with van der Waals surface area (Å²) >= 11 is 0. The predicted molar refractivity (Wildman–Crippen MR) is 71.0 cm³/mol. The lowest BCUT2D eigenvalue weighted by atomic mass is 9.67. The molecule has 1 aliphatic carbocycles. The van der Waals surface area contributed by atoms with Crippen molar-refractivity contribution in [3.8, 4) is 0 Å². The van der Waals surface area contributed by atoms with Gasteiger partial charge in [-0.2, -0.15) is 0 Å². The van der Waals surface area contributed by atoms with Gasteiger partial charge in [0.25, 0.3) is 0 Å². The van der Waals surface area contributed by atoms with Crippen LogP contribution in [0.5, 0.6) is 0 Å². The van der Waals surface area contributed by atoms with E-state index in [1.807, 2.05) is 0 Å². The Balaban J connectivity index is 2.11. The Morgan fingerprint density at radius 2 is 2.06 bits per heavy atom. The summed E-state index contributed by atoms with van der Waals surface area (Å²) in [6, 6.07) is 0. The van der Waals surface area contributed by atoms with Gasteiger partial charge in [-0.05, 0) is 38.1 Å². The molecule has 0 bridgehead atoms. The number of nitrogens with one attached hydrogen (secondary N) is 1. The number of hydrogen-bond acceptors (Lipinski definition) is 2. The highest BCUT2D eigenvalue weighted by Gasteiger charge is 2.44. The molecule has 0 aromatic rings. The lowest BCUT2D eigenvalue weighted by Crippen LogP contribution is -2.41. The molecule has 17 heavy (non-hydrogen) atoms. The minimum absolute atomic E-state index is 0.0184. The minimum Gasteiger partial charge on any atom is -0.316 e. The fourth-order valence-electron chi connectivity index (χ4n) is 3.86. The summed E-state index contributed by atoms with van der Waals surface area (Å²) in [6.45, 7) is 6.40. The van der Waals surface area contributed by atoms with E-state index in [4.69, 9.17) is 0 Å². The highest BCUT2D eigenvalue weighted by molar-refractivity contribution is 5.88. The molecule has 0 amide bonds. The summed E-state index contributed by atoms with van der Waals surface area (Å²) in [6.07, 6.45) is 8.30. The molecule has 2 heteroatoms. The van der Waals surface area contributed by atoms with Crippen LogP contribution in [-0.2, 0) is 4.79 Å². The molecule has 1 saturated carbocycles. The van der Waals surface area contributed by atoms with Crippen LogP contribution in [0, 0.1) is 17.3 Å². The minimum atomic E-state index is -0.0184. The van der Waals surface area contributed by atoms with E-state index in [-0.39, 0.29) is 5.41 Å². The van der Waals surface area contributed by atoms with Gasteiger partial charge in [-0.15, -0.1) is 0 Å². The van der Waals surface area contributed by atoms with Gasteiger partial charge in [0.2, 0.25) is 0 Å². The van der Waals surface area contributed by atoms with E-state index in [0.717, 1.165) is 32.4 Å². The van der Waals surface area contributed by atoms with Crippen molar-refractivity contribution in [1.29, 1.82) is 0 Å². The third kappa shape index (κ3) is 2.42. The second kappa shape index (κ2) is 5.51. The van der Waals surface area contributed by atoms with Crippen molar-refractivity contribution in [1.82, 2.24) is 5.32 Å². The monoisotopic (exact) mass is 237 g/mol. The van der Waals surface area contributed by atoms with Crippen molar-refractivity contribution in [2.45, 2.75) is 58.8 Å². The van der Waals surface area contributed by atoms with E-state index in [1.54, 1.807) is 0 Å². The van der Waals surface area contributed by atoms with Gasteiger partial charge in [0.05, 0.1) is 0 Å². The van der Waals surface area contributed by atoms with E-state index in [1.165, 1.54) is 25.7 Å². The molecule has 1 heterocycles. The van der Waals surface area contributed by atoms with Gasteiger partial charge < -0.3 is 5.32 Å². The van der Waals surface area contributed by atoms with Crippen molar-refractivity contribution in [2.75, 3.05) is 13.1 Å². The van der Waals surface area contributed by atoms with Crippen molar-refractivity contribution in [3.05, 3.63) is 0 Å². The van der Waals surface area contributed by atoms with E-state index in [9.17, 15) is 4.79 Å². The SMILES string of the molecule is CCC1CCCCC1C(=O)C1(CC)CCNC1. The fraction of sp³-hybridized carbons (Fsp3) is 0.933.